The minimum atomic E-state index is -1.02. The summed E-state index contributed by atoms with van der Waals surface area (Å²) in [5, 5.41) is 6.62. The summed E-state index contributed by atoms with van der Waals surface area (Å²) in [6.45, 7) is 5.88. The van der Waals surface area contributed by atoms with E-state index in [-0.39, 0.29) is 18.3 Å². The number of benzene rings is 2. The second-order valence-electron chi connectivity index (χ2n) is 7.19. The second-order valence-corrected chi connectivity index (χ2v) is 9.79. The van der Waals surface area contributed by atoms with Gasteiger partial charge < -0.3 is 19.1 Å². The van der Waals surface area contributed by atoms with Gasteiger partial charge in [-0.3, -0.25) is 0 Å². The molecular formula is C24H25N3O5S2. The molecule has 8 nitrogen and oxygen atoms in total. The molecule has 2 aliphatic rings. The number of allylic oxidation sites excluding steroid dienone is 1. The van der Waals surface area contributed by atoms with Crippen LogP contribution in [0.1, 0.15) is 20.8 Å². The number of rotatable bonds is 7. The first-order valence-electron chi connectivity index (χ1n) is 10.8. The number of anilines is 2. The molecule has 2 aromatic rings. The van der Waals surface area contributed by atoms with E-state index < -0.39 is 16.3 Å². The van der Waals surface area contributed by atoms with Crippen molar-refractivity contribution in [3.8, 4) is 5.75 Å². The largest absolute Gasteiger partial charge is 0.497 e. The predicted octanol–water partition coefficient (Wildman–Crippen LogP) is 4.78. The van der Waals surface area contributed by atoms with Crippen molar-refractivity contribution in [1.29, 1.82) is 0 Å². The van der Waals surface area contributed by atoms with Crippen molar-refractivity contribution in [3.05, 3.63) is 65.2 Å². The molecule has 0 unspecified atom stereocenters. The van der Waals surface area contributed by atoms with Gasteiger partial charge in [0.05, 0.1) is 26.0 Å². The molecule has 10 heteroatoms. The van der Waals surface area contributed by atoms with Crippen molar-refractivity contribution in [1.82, 2.24) is 0 Å². The zero-order chi connectivity index (χ0) is 24.3. The van der Waals surface area contributed by atoms with Gasteiger partial charge in [0.25, 0.3) is 0 Å². The lowest BCUT2D eigenvalue weighted by atomic mass is 10.2. The number of hydrazone groups is 1. The lowest BCUT2D eigenvalue weighted by Crippen LogP contribution is -2.49. The number of hydrogen-bond donors (Lipinski definition) is 0. The molecule has 2 aliphatic heterocycles. The monoisotopic (exact) mass is 499 g/mol. The van der Waals surface area contributed by atoms with Gasteiger partial charge in [-0.1, -0.05) is 30.0 Å². The molecule has 34 heavy (non-hydrogen) atoms. The molecule has 0 bridgehead atoms. The second kappa shape index (κ2) is 10.0. The highest BCUT2D eigenvalue weighted by Gasteiger charge is 2.58. The summed E-state index contributed by atoms with van der Waals surface area (Å²) in [5.41, 5.74) is 2.28. The van der Waals surface area contributed by atoms with E-state index in [1.807, 2.05) is 66.4 Å². The van der Waals surface area contributed by atoms with Crippen LogP contribution < -0.4 is 14.6 Å². The van der Waals surface area contributed by atoms with Crippen molar-refractivity contribution in [2.45, 2.75) is 25.1 Å². The first-order valence-corrected chi connectivity index (χ1v) is 12.4. The maximum Gasteiger partial charge on any atom is 0.365 e. The lowest BCUT2D eigenvalue weighted by molar-refractivity contribution is -0.137. The maximum absolute atomic E-state index is 12.9. The Morgan fingerprint density at radius 1 is 0.912 bits per heavy atom. The number of nitrogens with zero attached hydrogens (tertiary/aromatic N) is 3. The van der Waals surface area contributed by atoms with E-state index in [9.17, 15) is 9.59 Å². The molecule has 0 fully saturated rings. The Labute approximate surface area is 206 Å². The van der Waals surface area contributed by atoms with Crippen LogP contribution in [0.2, 0.25) is 0 Å². The molecule has 0 N–H and O–H groups in total. The van der Waals surface area contributed by atoms with E-state index in [1.165, 1.54) is 23.5 Å². The number of thioether (sulfide) groups is 2. The molecule has 178 valence electrons. The van der Waals surface area contributed by atoms with E-state index in [0.717, 1.165) is 11.4 Å². The van der Waals surface area contributed by atoms with Crippen molar-refractivity contribution >= 4 is 51.9 Å². The molecule has 0 saturated heterocycles. The Bertz CT molecular complexity index is 1140. The smallest absolute Gasteiger partial charge is 0.365 e. The summed E-state index contributed by atoms with van der Waals surface area (Å²) in [7, 11) is 1.60. The fraction of sp³-hybridized carbons (Fsp3) is 0.292. The van der Waals surface area contributed by atoms with Crippen molar-refractivity contribution < 1.29 is 23.8 Å². The SMILES string of the molecule is CCOC(=O)C1=NN(c2ccc(OC)cc2)[C@]2(S1)SC(C(=O)OCC)=C(C)N2c1ccccc1. The summed E-state index contributed by atoms with van der Waals surface area (Å²) < 4.78 is 14.9. The van der Waals surface area contributed by atoms with Crippen LogP contribution in [-0.4, -0.2) is 41.6 Å². The number of methoxy groups -OCH3 is 1. The first kappa shape index (κ1) is 24.0. The van der Waals surface area contributed by atoms with E-state index in [2.05, 4.69) is 5.10 Å². The average molecular weight is 500 g/mol. The van der Waals surface area contributed by atoms with Gasteiger partial charge in [-0.2, -0.15) is 5.10 Å². The molecule has 1 atom stereocenters. The maximum atomic E-state index is 12.9. The van der Waals surface area contributed by atoms with Crippen LogP contribution in [0, 0.1) is 0 Å². The van der Waals surface area contributed by atoms with Crippen molar-refractivity contribution in [3.63, 3.8) is 0 Å². The summed E-state index contributed by atoms with van der Waals surface area (Å²) in [4.78, 5) is 28.1. The van der Waals surface area contributed by atoms with Gasteiger partial charge in [-0.05, 0) is 68.9 Å². The normalized spacial score (nSPS) is 19.5. The standard InChI is InChI=1S/C24H25N3O5S2/c1-5-31-22(28)20-16(3)26(17-10-8-7-9-11-17)24(33-20)27(18-12-14-19(30-4)15-13-18)25-21(34-24)23(29)32-6-2/h7-15H,5-6H2,1-4H3/t24-/m0/s1. The highest BCUT2D eigenvalue weighted by molar-refractivity contribution is 8.29. The van der Waals surface area contributed by atoms with Crippen LogP contribution in [-0.2, 0) is 19.1 Å². The van der Waals surface area contributed by atoms with Crippen LogP contribution in [0.3, 0.4) is 0 Å². The van der Waals surface area contributed by atoms with E-state index >= 15 is 0 Å². The quantitative estimate of drug-likeness (QED) is 0.500. The first-order chi connectivity index (χ1) is 16.4. The summed E-state index contributed by atoms with van der Waals surface area (Å²) >= 11 is 2.54. The molecule has 0 amide bonds. The van der Waals surface area contributed by atoms with Gasteiger partial charge in [0.1, 0.15) is 10.7 Å². The van der Waals surface area contributed by atoms with Gasteiger partial charge in [-0.15, -0.1) is 0 Å². The van der Waals surface area contributed by atoms with Crippen LogP contribution in [0.15, 0.2) is 70.3 Å². The van der Waals surface area contributed by atoms with Crippen LogP contribution in [0.5, 0.6) is 5.75 Å². The zero-order valence-electron chi connectivity index (χ0n) is 19.3. The number of hydrogen-bond acceptors (Lipinski definition) is 10. The van der Waals surface area contributed by atoms with Crippen LogP contribution in [0.25, 0.3) is 0 Å². The fourth-order valence-electron chi connectivity index (χ4n) is 3.65. The summed E-state index contributed by atoms with van der Waals surface area (Å²) in [6, 6.07) is 17.1. The molecular weight excluding hydrogens is 474 g/mol. The molecule has 0 aliphatic carbocycles. The fourth-order valence-corrected chi connectivity index (χ4v) is 6.60. The zero-order valence-corrected chi connectivity index (χ0v) is 20.9. The van der Waals surface area contributed by atoms with Crippen molar-refractivity contribution in [2.24, 2.45) is 5.10 Å². The Morgan fingerprint density at radius 2 is 1.56 bits per heavy atom. The van der Waals surface area contributed by atoms with Gasteiger partial charge >= 0.3 is 11.9 Å². The minimum Gasteiger partial charge on any atom is -0.497 e. The Morgan fingerprint density at radius 3 is 2.18 bits per heavy atom. The van der Waals surface area contributed by atoms with Crippen LogP contribution in [0.4, 0.5) is 11.4 Å². The van der Waals surface area contributed by atoms with Crippen molar-refractivity contribution in [2.75, 3.05) is 30.2 Å². The molecule has 0 aromatic heterocycles. The Hall–Kier alpha value is -3.11. The number of esters is 2. The van der Waals surface area contributed by atoms with Gasteiger partial charge in [0, 0.05) is 11.4 Å². The van der Waals surface area contributed by atoms with E-state index in [4.69, 9.17) is 14.2 Å². The number of carbonyl (C=O) groups is 2. The van der Waals surface area contributed by atoms with E-state index in [1.54, 1.807) is 26.0 Å². The average Bonchev–Trinajstić information content (AvgIpc) is 3.37. The Balaban J connectivity index is 1.87. The molecule has 0 saturated carbocycles. The molecule has 0 radical (unpaired) electrons. The molecule has 2 heterocycles. The summed E-state index contributed by atoms with van der Waals surface area (Å²) in [5.74, 6) is -0.235. The number of ether oxygens (including phenoxy) is 3. The topological polar surface area (TPSA) is 80.7 Å². The lowest BCUT2D eigenvalue weighted by Gasteiger charge is -2.41. The van der Waals surface area contributed by atoms with Crippen LogP contribution >= 0.6 is 23.5 Å². The van der Waals surface area contributed by atoms with Gasteiger partial charge in [-0.25, -0.2) is 14.6 Å². The minimum absolute atomic E-state index is 0.198. The molecule has 2 aromatic carbocycles. The number of para-hydroxylation sites is 1. The third-order valence-electron chi connectivity index (χ3n) is 5.11. The van der Waals surface area contributed by atoms with Gasteiger partial charge in [0.15, 0.2) is 0 Å². The summed E-state index contributed by atoms with van der Waals surface area (Å²) in [6.07, 6.45) is 0. The van der Waals surface area contributed by atoms with E-state index in [0.29, 0.717) is 16.4 Å². The molecule has 1 spiro atoms. The Kier molecular flexibility index (Phi) is 7.08. The molecule has 4 rings (SSSR count). The third kappa shape index (κ3) is 4.23. The predicted molar refractivity (Wildman–Crippen MR) is 136 cm³/mol. The third-order valence-corrected chi connectivity index (χ3v) is 7.96. The number of carbonyl (C=O) groups excluding carboxylic acids is 2. The highest BCUT2D eigenvalue weighted by Crippen LogP contribution is 2.60. The van der Waals surface area contributed by atoms with Gasteiger partial charge in [0.2, 0.25) is 9.37 Å². The highest BCUT2D eigenvalue weighted by atomic mass is 32.2.